The van der Waals surface area contributed by atoms with E-state index in [9.17, 15) is 18.0 Å². The van der Waals surface area contributed by atoms with Crippen molar-refractivity contribution in [2.24, 2.45) is 0 Å². The second-order valence-electron chi connectivity index (χ2n) is 5.10. The number of ether oxygens (including phenoxy) is 2. The van der Waals surface area contributed by atoms with Crippen LogP contribution in [-0.4, -0.2) is 20.1 Å². The van der Waals surface area contributed by atoms with Crippen molar-refractivity contribution in [1.29, 1.82) is 0 Å². The van der Waals surface area contributed by atoms with Crippen LogP contribution < -0.4 is 14.8 Å². The third-order valence-electron chi connectivity index (χ3n) is 3.37. The standard InChI is InChI=1S/C18H15ClF3NO3/c1-25-15-10-11(9-13(19)17(15)26-2)7-8-16(24)23-14-6-4-3-5-12(14)18(20,21)22/h3-10H,1-2H3,(H,23,24)/b8-7+. The summed E-state index contributed by atoms with van der Waals surface area (Å²) in [4.78, 5) is 12.0. The normalized spacial score (nSPS) is 11.5. The van der Waals surface area contributed by atoms with Gasteiger partial charge < -0.3 is 14.8 Å². The molecule has 0 bridgehead atoms. The van der Waals surface area contributed by atoms with Crippen LogP contribution in [-0.2, 0) is 11.0 Å². The van der Waals surface area contributed by atoms with E-state index in [1.165, 1.54) is 44.6 Å². The van der Waals surface area contributed by atoms with Gasteiger partial charge in [-0.25, -0.2) is 0 Å². The molecule has 0 saturated carbocycles. The number of amides is 1. The lowest BCUT2D eigenvalue weighted by molar-refractivity contribution is -0.136. The second-order valence-corrected chi connectivity index (χ2v) is 5.51. The predicted octanol–water partition coefficient (Wildman–Crippen LogP) is 5.03. The highest BCUT2D eigenvalue weighted by Crippen LogP contribution is 2.36. The van der Waals surface area contributed by atoms with E-state index in [0.717, 1.165) is 12.1 Å². The lowest BCUT2D eigenvalue weighted by Crippen LogP contribution is -2.14. The summed E-state index contributed by atoms with van der Waals surface area (Å²) >= 11 is 6.07. The van der Waals surface area contributed by atoms with Crippen LogP contribution >= 0.6 is 11.6 Å². The molecule has 4 nitrogen and oxygen atoms in total. The zero-order valence-electron chi connectivity index (χ0n) is 13.9. The van der Waals surface area contributed by atoms with Crippen molar-refractivity contribution >= 4 is 29.3 Å². The van der Waals surface area contributed by atoms with Crippen molar-refractivity contribution in [2.45, 2.75) is 6.18 Å². The lowest BCUT2D eigenvalue weighted by atomic mass is 10.1. The smallest absolute Gasteiger partial charge is 0.418 e. The maximum atomic E-state index is 12.9. The Bertz CT molecular complexity index is 835. The molecular formula is C18H15ClF3NO3. The Labute approximate surface area is 153 Å². The molecule has 0 saturated heterocycles. The largest absolute Gasteiger partial charge is 0.493 e. The average molecular weight is 386 g/mol. The Kier molecular flexibility index (Phi) is 6.15. The first kappa shape index (κ1) is 19.7. The predicted molar refractivity (Wildman–Crippen MR) is 93.7 cm³/mol. The van der Waals surface area contributed by atoms with E-state index in [0.29, 0.717) is 17.1 Å². The SMILES string of the molecule is COc1cc(/C=C/C(=O)Nc2ccccc2C(F)(F)F)cc(Cl)c1OC. The third kappa shape index (κ3) is 4.70. The van der Waals surface area contributed by atoms with Crippen LogP contribution in [0.4, 0.5) is 18.9 Å². The molecule has 1 amide bonds. The molecule has 0 heterocycles. The van der Waals surface area contributed by atoms with Crippen molar-refractivity contribution in [1.82, 2.24) is 0 Å². The minimum absolute atomic E-state index is 0.273. The van der Waals surface area contributed by atoms with Crippen LogP contribution in [0.25, 0.3) is 6.08 Å². The quantitative estimate of drug-likeness (QED) is 0.734. The molecular weight excluding hydrogens is 371 g/mol. The summed E-state index contributed by atoms with van der Waals surface area (Å²) in [5, 5.41) is 2.49. The van der Waals surface area contributed by atoms with Gasteiger partial charge in [0.25, 0.3) is 0 Å². The van der Waals surface area contributed by atoms with E-state index < -0.39 is 17.6 Å². The average Bonchev–Trinajstić information content (AvgIpc) is 2.59. The summed E-state index contributed by atoms with van der Waals surface area (Å²) in [5.41, 5.74) is -0.720. The Balaban J connectivity index is 2.20. The molecule has 26 heavy (non-hydrogen) atoms. The number of anilines is 1. The van der Waals surface area contributed by atoms with Crippen LogP contribution in [0.1, 0.15) is 11.1 Å². The fourth-order valence-corrected chi connectivity index (χ4v) is 2.52. The molecule has 2 aromatic rings. The minimum Gasteiger partial charge on any atom is -0.493 e. The number of hydrogen-bond donors (Lipinski definition) is 1. The van der Waals surface area contributed by atoms with Gasteiger partial charge in [0.1, 0.15) is 0 Å². The summed E-state index contributed by atoms with van der Waals surface area (Å²) in [6.07, 6.45) is -2.06. The van der Waals surface area contributed by atoms with Gasteiger partial charge in [-0.1, -0.05) is 23.7 Å². The summed E-state index contributed by atoms with van der Waals surface area (Å²) in [7, 11) is 2.87. The Morgan fingerprint density at radius 1 is 1.15 bits per heavy atom. The highest BCUT2D eigenvalue weighted by atomic mass is 35.5. The monoisotopic (exact) mass is 385 g/mol. The van der Waals surface area contributed by atoms with Gasteiger partial charge in [0, 0.05) is 6.08 Å². The molecule has 0 aliphatic carbocycles. The van der Waals surface area contributed by atoms with Gasteiger partial charge in [0.15, 0.2) is 11.5 Å². The molecule has 0 aromatic heterocycles. The topological polar surface area (TPSA) is 47.6 Å². The Morgan fingerprint density at radius 2 is 1.85 bits per heavy atom. The van der Waals surface area contributed by atoms with E-state index in [1.54, 1.807) is 6.07 Å². The number of halogens is 4. The maximum Gasteiger partial charge on any atom is 0.418 e. The number of para-hydroxylation sites is 1. The van der Waals surface area contributed by atoms with Gasteiger partial charge >= 0.3 is 6.18 Å². The number of benzene rings is 2. The van der Waals surface area contributed by atoms with Gasteiger partial charge in [-0.3, -0.25) is 4.79 Å². The van der Waals surface area contributed by atoms with Crippen molar-refractivity contribution in [3.63, 3.8) is 0 Å². The van der Waals surface area contributed by atoms with E-state index in [1.807, 2.05) is 0 Å². The summed E-state index contributed by atoms with van der Waals surface area (Å²) < 4.78 is 49.1. The molecule has 8 heteroatoms. The molecule has 0 aliphatic heterocycles. The van der Waals surface area contributed by atoms with Crippen LogP contribution in [0.3, 0.4) is 0 Å². The molecule has 0 fully saturated rings. The van der Waals surface area contributed by atoms with E-state index in [4.69, 9.17) is 21.1 Å². The molecule has 0 spiro atoms. The fourth-order valence-electron chi connectivity index (χ4n) is 2.22. The summed E-state index contributed by atoms with van der Waals surface area (Å²) in [6.45, 7) is 0. The van der Waals surface area contributed by atoms with Gasteiger partial charge in [0.05, 0.1) is 30.5 Å². The van der Waals surface area contributed by atoms with Crippen LogP contribution in [0, 0.1) is 0 Å². The number of alkyl halides is 3. The van der Waals surface area contributed by atoms with Gasteiger partial charge in [-0.05, 0) is 35.9 Å². The van der Waals surface area contributed by atoms with Gasteiger partial charge in [0.2, 0.25) is 5.91 Å². The number of methoxy groups -OCH3 is 2. The zero-order chi connectivity index (χ0) is 19.3. The van der Waals surface area contributed by atoms with Crippen molar-refractivity contribution < 1.29 is 27.4 Å². The van der Waals surface area contributed by atoms with Crippen LogP contribution in [0.5, 0.6) is 11.5 Å². The number of rotatable bonds is 5. The molecule has 0 radical (unpaired) electrons. The molecule has 0 atom stereocenters. The number of carbonyl (C=O) groups is 1. The first-order valence-corrected chi connectivity index (χ1v) is 7.71. The summed E-state index contributed by atoms with van der Waals surface area (Å²) in [6, 6.07) is 7.85. The van der Waals surface area contributed by atoms with E-state index in [2.05, 4.69) is 5.32 Å². The molecule has 0 aliphatic rings. The molecule has 138 valence electrons. The molecule has 2 rings (SSSR count). The number of nitrogens with one attached hydrogen (secondary N) is 1. The van der Waals surface area contributed by atoms with Crippen LogP contribution in [0.2, 0.25) is 5.02 Å². The first-order chi connectivity index (χ1) is 12.3. The lowest BCUT2D eigenvalue weighted by Gasteiger charge is -2.12. The fraction of sp³-hybridized carbons (Fsp3) is 0.167. The number of carbonyl (C=O) groups excluding carboxylic acids is 1. The van der Waals surface area contributed by atoms with Crippen molar-refractivity contribution in [2.75, 3.05) is 19.5 Å². The summed E-state index contributed by atoms with van der Waals surface area (Å²) in [5.74, 6) is -0.00930. The molecule has 1 N–H and O–H groups in total. The third-order valence-corrected chi connectivity index (χ3v) is 3.65. The van der Waals surface area contributed by atoms with Gasteiger partial charge in [-0.15, -0.1) is 0 Å². The maximum absolute atomic E-state index is 12.9. The van der Waals surface area contributed by atoms with E-state index in [-0.39, 0.29) is 10.7 Å². The first-order valence-electron chi connectivity index (χ1n) is 7.33. The molecule has 0 unspecified atom stereocenters. The highest BCUT2D eigenvalue weighted by molar-refractivity contribution is 6.32. The van der Waals surface area contributed by atoms with Crippen LogP contribution in [0.15, 0.2) is 42.5 Å². The second kappa shape index (κ2) is 8.14. The zero-order valence-corrected chi connectivity index (χ0v) is 14.6. The number of hydrogen-bond acceptors (Lipinski definition) is 3. The van der Waals surface area contributed by atoms with Crippen molar-refractivity contribution in [3.05, 3.63) is 58.6 Å². The van der Waals surface area contributed by atoms with Gasteiger partial charge in [-0.2, -0.15) is 13.2 Å². The minimum atomic E-state index is -4.57. The Hall–Kier alpha value is -2.67. The Morgan fingerprint density at radius 3 is 2.46 bits per heavy atom. The van der Waals surface area contributed by atoms with E-state index >= 15 is 0 Å². The molecule has 2 aromatic carbocycles. The van der Waals surface area contributed by atoms with Crippen molar-refractivity contribution in [3.8, 4) is 11.5 Å². The highest BCUT2D eigenvalue weighted by Gasteiger charge is 2.33.